The average molecular weight is 348 g/mol. The van der Waals surface area contributed by atoms with Gasteiger partial charge >= 0.3 is 0 Å². The summed E-state index contributed by atoms with van der Waals surface area (Å²) in [6.07, 6.45) is 0. The number of benzene rings is 1. The smallest absolute Gasteiger partial charge is 0.246 e. The van der Waals surface area contributed by atoms with Crippen LogP contribution in [0.1, 0.15) is 13.8 Å². The Morgan fingerprint density at radius 3 is 2.20 bits per heavy atom. The summed E-state index contributed by atoms with van der Waals surface area (Å²) in [4.78, 5) is 37.0. The summed E-state index contributed by atoms with van der Waals surface area (Å²) < 4.78 is 5.25. The van der Waals surface area contributed by atoms with Crippen LogP contribution in [0.5, 0.6) is 0 Å². The van der Waals surface area contributed by atoms with Gasteiger partial charge in [-0.1, -0.05) is 0 Å². The second kappa shape index (κ2) is 9.14. The van der Waals surface area contributed by atoms with Crippen LogP contribution in [0.4, 0.5) is 11.4 Å². The molecular weight excluding hydrogens is 324 g/mol. The summed E-state index contributed by atoms with van der Waals surface area (Å²) in [5.41, 5.74) is 1.25. The standard InChI is InChI=1S/C17H24N4O4/c1-12(18-13(2)22)17(24)20-15-5-3-14(4-6-15)19-16(23)11-21-7-9-25-10-8-21/h3-6,12H,7-11H2,1-2H3,(H,18,22)(H,19,23)(H,20,24). The van der Waals surface area contributed by atoms with E-state index in [2.05, 4.69) is 16.0 Å². The molecule has 1 heterocycles. The van der Waals surface area contributed by atoms with Gasteiger partial charge in [-0.15, -0.1) is 0 Å². The largest absolute Gasteiger partial charge is 0.379 e. The molecule has 0 aromatic heterocycles. The van der Waals surface area contributed by atoms with Crippen LogP contribution in [0.25, 0.3) is 0 Å². The molecule has 1 aliphatic heterocycles. The van der Waals surface area contributed by atoms with Crippen molar-refractivity contribution in [3.8, 4) is 0 Å². The maximum atomic E-state index is 12.0. The van der Waals surface area contributed by atoms with E-state index in [0.717, 1.165) is 13.1 Å². The van der Waals surface area contributed by atoms with Crippen molar-refractivity contribution in [1.29, 1.82) is 0 Å². The van der Waals surface area contributed by atoms with Crippen molar-refractivity contribution in [2.45, 2.75) is 19.9 Å². The van der Waals surface area contributed by atoms with Crippen molar-refractivity contribution in [1.82, 2.24) is 10.2 Å². The molecule has 1 unspecified atom stereocenters. The van der Waals surface area contributed by atoms with Crippen LogP contribution in [0, 0.1) is 0 Å². The highest BCUT2D eigenvalue weighted by molar-refractivity contribution is 5.97. The number of anilines is 2. The van der Waals surface area contributed by atoms with E-state index in [1.54, 1.807) is 31.2 Å². The second-order valence-corrected chi connectivity index (χ2v) is 5.93. The van der Waals surface area contributed by atoms with Gasteiger partial charge < -0.3 is 20.7 Å². The topological polar surface area (TPSA) is 99.8 Å². The van der Waals surface area contributed by atoms with Crippen molar-refractivity contribution in [2.24, 2.45) is 0 Å². The van der Waals surface area contributed by atoms with Gasteiger partial charge in [-0.05, 0) is 31.2 Å². The minimum absolute atomic E-state index is 0.0852. The summed E-state index contributed by atoms with van der Waals surface area (Å²) in [6.45, 7) is 6.11. The third kappa shape index (κ3) is 6.52. The fourth-order valence-electron chi connectivity index (χ4n) is 2.42. The SMILES string of the molecule is CC(=O)NC(C)C(=O)Nc1ccc(NC(=O)CN2CCOCC2)cc1. The number of carbonyl (C=O) groups is 3. The lowest BCUT2D eigenvalue weighted by Crippen LogP contribution is -2.41. The molecule has 0 bridgehead atoms. The number of hydrogen-bond donors (Lipinski definition) is 3. The van der Waals surface area contributed by atoms with Crippen LogP contribution in [0.3, 0.4) is 0 Å². The molecule has 25 heavy (non-hydrogen) atoms. The number of nitrogens with one attached hydrogen (secondary N) is 3. The van der Waals surface area contributed by atoms with Crippen LogP contribution in [0.2, 0.25) is 0 Å². The zero-order valence-corrected chi connectivity index (χ0v) is 14.5. The summed E-state index contributed by atoms with van der Waals surface area (Å²) in [7, 11) is 0. The zero-order valence-electron chi connectivity index (χ0n) is 14.5. The van der Waals surface area contributed by atoms with Gasteiger partial charge in [0, 0.05) is 31.4 Å². The van der Waals surface area contributed by atoms with E-state index in [4.69, 9.17) is 4.74 Å². The molecule has 0 saturated carbocycles. The van der Waals surface area contributed by atoms with Gasteiger partial charge in [-0.3, -0.25) is 19.3 Å². The van der Waals surface area contributed by atoms with E-state index in [-0.39, 0.29) is 17.7 Å². The lowest BCUT2D eigenvalue weighted by atomic mass is 10.2. The van der Waals surface area contributed by atoms with Gasteiger partial charge in [0.15, 0.2) is 0 Å². The predicted octanol–water partition coefficient (Wildman–Crippen LogP) is 0.420. The highest BCUT2D eigenvalue weighted by Crippen LogP contribution is 2.14. The molecule has 8 heteroatoms. The Kier molecular flexibility index (Phi) is 6.91. The van der Waals surface area contributed by atoms with Crippen LogP contribution in [-0.4, -0.2) is 61.5 Å². The van der Waals surface area contributed by atoms with Gasteiger partial charge in [-0.25, -0.2) is 0 Å². The summed E-state index contributed by atoms with van der Waals surface area (Å²) >= 11 is 0. The summed E-state index contributed by atoms with van der Waals surface area (Å²) in [5, 5.41) is 8.05. The number of carbonyl (C=O) groups excluding carboxylic acids is 3. The molecule has 0 spiro atoms. The molecule has 1 saturated heterocycles. The first-order valence-electron chi connectivity index (χ1n) is 8.22. The normalized spacial score (nSPS) is 15.9. The molecule has 2 rings (SSSR count). The number of ether oxygens (including phenoxy) is 1. The van der Waals surface area contributed by atoms with Crippen molar-refractivity contribution < 1.29 is 19.1 Å². The number of hydrogen-bond acceptors (Lipinski definition) is 5. The number of rotatable bonds is 6. The molecule has 1 fully saturated rings. The highest BCUT2D eigenvalue weighted by atomic mass is 16.5. The Morgan fingerprint density at radius 2 is 1.64 bits per heavy atom. The Bertz CT molecular complexity index is 612. The highest BCUT2D eigenvalue weighted by Gasteiger charge is 2.15. The molecule has 0 radical (unpaired) electrons. The fourth-order valence-corrected chi connectivity index (χ4v) is 2.42. The molecule has 1 aliphatic rings. The number of morpholine rings is 1. The molecule has 136 valence electrons. The molecule has 1 atom stereocenters. The molecule has 0 aliphatic carbocycles. The molecule has 1 aromatic rings. The second-order valence-electron chi connectivity index (χ2n) is 5.93. The Hall–Kier alpha value is -2.45. The quantitative estimate of drug-likeness (QED) is 0.692. The third-order valence-corrected chi connectivity index (χ3v) is 3.72. The van der Waals surface area contributed by atoms with Crippen molar-refractivity contribution >= 4 is 29.1 Å². The number of nitrogens with zero attached hydrogens (tertiary/aromatic N) is 1. The summed E-state index contributed by atoms with van der Waals surface area (Å²) in [5.74, 6) is -0.654. The maximum Gasteiger partial charge on any atom is 0.246 e. The van der Waals surface area contributed by atoms with Gasteiger partial charge in [0.25, 0.3) is 0 Å². The van der Waals surface area contributed by atoms with Gasteiger partial charge in [0.2, 0.25) is 17.7 Å². The van der Waals surface area contributed by atoms with Crippen molar-refractivity contribution in [3.63, 3.8) is 0 Å². The molecule has 1 aromatic carbocycles. The molecule has 3 amide bonds. The average Bonchev–Trinajstić information content (AvgIpc) is 2.57. The van der Waals surface area contributed by atoms with Gasteiger partial charge in [-0.2, -0.15) is 0 Å². The molecule has 8 nitrogen and oxygen atoms in total. The Balaban J connectivity index is 1.81. The van der Waals surface area contributed by atoms with Crippen LogP contribution in [-0.2, 0) is 19.1 Å². The first-order chi connectivity index (χ1) is 11.9. The van der Waals surface area contributed by atoms with Crippen molar-refractivity contribution in [2.75, 3.05) is 43.5 Å². The van der Waals surface area contributed by atoms with E-state index < -0.39 is 6.04 Å². The monoisotopic (exact) mass is 348 g/mol. The van der Waals surface area contributed by atoms with Gasteiger partial charge in [0.1, 0.15) is 6.04 Å². The van der Waals surface area contributed by atoms with Crippen LogP contribution in [0.15, 0.2) is 24.3 Å². The number of amides is 3. The zero-order chi connectivity index (χ0) is 18.2. The predicted molar refractivity (Wildman–Crippen MR) is 94.2 cm³/mol. The fraction of sp³-hybridized carbons (Fsp3) is 0.471. The van der Waals surface area contributed by atoms with Gasteiger partial charge in [0.05, 0.1) is 19.8 Å². The lowest BCUT2D eigenvalue weighted by Gasteiger charge is -2.25. The lowest BCUT2D eigenvalue weighted by molar-refractivity contribution is -0.124. The maximum absolute atomic E-state index is 12.0. The first-order valence-corrected chi connectivity index (χ1v) is 8.22. The first kappa shape index (κ1) is 18.9. The minimum atomic E-state index is -0.620. The van der Waals surface area contributed by atoms with E-state index >= 15 is 0 Å². The van der Waals surface area contributed by atoms with E-state index in [0.29, 0.717) is 31.1 Å². The third-order valence-electron chi connectivity index (χ3n) is 3.72. The molecular formula is C17H24N4O4. The summed E-state index contributed by atoms with van der Waals surface area (Å²) in [6, 6.07) is 6.21. The van der Waals surface area contributed by atoms with E-state index in [1.165, 1.54) is 6.92 Å². The van der Waals surface area contributed by atoms with E-state index in [1.807, 2.05) is 4.90 Å². The Morgan fingerprint density at radius 1 is 1.08 bits per heavy atom. The Labute approximate surface area is 146 Å². The van der Waals surface area contributed by atoms with Crippen LogP contribution < -0.4 is 16.0 Å². The minimum Gasteiger partial charge on any atom is -0.379 e. The molecule has 3 N–H and O–H groups in total. The van der Waals surface area contributed by atoms with Crippen LogP contribution >= 0.6 is 0 Å². The van der Waals surface area contributed by atoms with E-state index in [9.17, 15) is 14.4 Å². The van der Waals surface area contributed by atoms with Crippen molar-refractivity contribution in [3.05, 3.63) is 24.3 Å².